The Morgan fingerprint density at radius 1 is 1.00 bits per heavy atom. The summed E-state index contributed by atoms with van der Waals surface area (Å²) in [5.74, 6) is -0.173. The molecule has 1 N–H and O–H groups in total. The van der Waals surface area contributed by atoms with Gasteiger partial charge in [0.1, 0.15) is 12.0 Å². The smallest absolute Gasteiger partial charge is 0.344 e. The minimum atomic E-state index is -0.644. The van der Waals surface area contributed by atoms with E-state index >= 15 is 0 Å². The number of nitrogens with one attached hydrogen (secondary N) is 1. The monoisotopic (exact) mass is 383 g/mol. The SMILES string of the molecule is CC(C)C[C@H](NC(=O)COC(=O)COc1ccc(C=O)cc1)c1ccccc1. The van der Waals surface area contributed by atoms with Crippen LogP contribution in [0.15, 0.2) is 54.6 Å². The zero-order valence-corrected chi connectivity index (χ0v) is 16.1. The average Bonchev–Trinajstić information content (AvgIpc) is 2.71. The van der Waals surface area contributed by atoms with Crippen molar-refractivity contribution < 1.29 is 23.9 Å². The first-order valence-corrected chi connectivity index (χ1v) is 9.16. The fraction of sp³-hybridized carbons (Fsp3) is 0.318. The first kappa shape index (κ1) is 21.2. The van der Waals surface area contributed by atoms with Crippen LogP contribution in [-0.2, 0) is 14.3 Å². The maximum absolute atomic E-state index is 12.2. The summed E-state index contributed by atoms with van der Waals surface area (Å²) < 4.78 is 10.3. The van der Waals surface area contributed by atoms with E-state index in [1.807, 2.05) is 30.3 Å². The number of carbonyl (C=O) groups excluding carboxylic acids is 3. The molecule has 0 bridgehead atoms. The molecule has 2 aromatic carbocycles. The van der Waals surface area contributed by atoms with Crippen molar-refractivity contribution >= 4 is 18.2 Å². The van der Waals surface area contributed by atoms with Crippen LogP contribution in [0.3, 0.4) is 0 Å². The van der Waals surface area contributed by atoms with Gasteiger partial charge in [-0.2, -0.15) is 0 Å². The molecule has 6 nitrogen and oxygen atoms in total. The lowest BCUT2D eigenvalue weighted by atomic mass is 9.97. The molecule has 0 spiro atoms. The number of carbonyl (C=O) groups is 3. The summed E-state index contributed by atoms with van der Waals surface area (Å²) in [5, 5.41) is 2.92. The highest BCUT2D eigenvalue weighted by atomic mass is 16.6. The van der Waals surface area contributed by atoms with Crippen molar-refractivity contribution in [2.24, 2.45) is 5.92 Å². The lowest BCUT2D eigenvalue weighted by Gasteiger charge is -2.21. The molecule has 0 saturated carbocycles. The summed E-state index contributed by atoms with van der Waals surface area (Å²) >= 11 is 0. The Labute approximate surface area is 164 Å². The second kappa shape index (κ2) is 10.9. The summed E-state index contributed by atoms with van der Waals surface area (Å²) in [6.45, 7) is 3.48. The molecule has 28 heavy (non-hydrogen) atoms. The van der Waals surface area contributed by atoms with Gasteiger partial charge in [-0.1, -0.05) is 44.2 Å². The molecule has 0 heterocycles. The van der Waals surface area contributed by atoms with Crippen molar-refractivity contribution in [3.63, 3.8) is 0 Å². The van der Waals surface area contributed by atoms with Gasteiger partial charge in [-0.25, -0.2) is 4.79 Å². The minimum absolute atomic E-state index is 0.139. The van der Waals surface area contributed by atoms with Crippen LogP contribution in [-0.4, -0.2) is 31.4 Å². The zero-order valence-electron chi connectivity index (χ0n) is 16.1. The number of esters is 1. The van der Waals surface area contributed by atoms with Crippen LogP contribution >= 0.6 is 0 Å². The number of rotatable bonds is 10. The van der Waals surface area contributed by atoms with Gasteiger partial charge in [-0.05, 0) is 42.2 Å². The molecule has 0 aromatic heterocycles. The van der Waals surface area contributed by atoms with Gasteiger partial charge < -0.3 is 14.8 Å². The van der Waals surface area contributed by atoms with Gasteiger partial charge in [0.2, 0.25) is 0 Å². The van der Waals surface area contributed by atoms with Gasteiger partial charge in [-0.15, -0.1) is 0 Å². The largest absolute Gasteiger partial charge is 0.482 e. The van der Waals surface area contributed by atoms with Crippen LogP contribution in [0.4, 0.5) is 0 Å². The van der Waals surface area contributed by atoms with Crippen LogP contribution in [0, 0.1) is 5.92 Å². The highest BCUT2D eigenvalue weighted by molar-refractivity contribution is 5.81. The van der Waals surface area contributed by atoms with Gasteiger partial charge in [0.25, 0.3) is 5.91 Å². The van der Waals surface area contributed by atoms with Crippen molar-refractivity contribution in [3.05, 3.63) is 65.7 Å². The number of ether oxygens (including phenoxy) is 2. The van der Waals surface area contributed by atoms with E-state index in [-0.39, 0.29) is 25.2 Å². The molecule has 2 rings (SSSR count). The zero-order chi connectivity index (χ0) is 20.4. The number of benzene rings is 2. The number of amides is 1. The Balaban J connectivity index is 1.79. The molecule has 0 unspecified atom stereocenters. The predicted molar refractivity (Wildman–Crippen MR) is 105 cm³/mol. The minimum Gasteiger partial charge on any atom is -0.482 e. The third-order valence-electron chi connectivity index (χ3n) is 3.98. The Morgan fingerprint density at radius 2 is 1.68 bits per heavy atom. The lowest BCUT2D eigenvalue weighted by molar-refractivity contribution is -0.150. The van der Waals surface area contributed by atoms with E-state index in [1.165, 1.54) is 0 Å². The Bertz CT molecular complexity index is 771. The molecule has 2 aromatic rings. The second-order valence-corrected chi connectivity index (χ2v) is 6.80. The van der Waals surface area contributed by atoms with Crippen LogP contribution in [0.2, 0.25) is 0 Å². The molecule has 0 aliphatic rings. The van der Waals surface area contributed by atoms with Crippen molar-refractivity contribution in [2.45, 2.75) is 26.3 Å². The Kier molecular flexibility index (Phi) is 8.21. The van der Waals surface area contributed by atoms with Crippen molar-refractivity contribution in [1.29, 1.82) is 0 Å². The first-order valence-electron chi connectivity index (χ1n) is 9.16. The van der Waals surface area contributed by atoms with Gasteiger partial charge in [0, 0.05) is 5.56 Å². The average molecular weight is 383 g/mol. The Hall–Kier alpha value is -3.15. The van der Waals surface area contributed by atoms with Crippen LogP contribution < -0.4 is 10.1 Å². The van der Waals surface area contributed by atoms with E-state index in [0.29, 0.717) is 17.2 Å². The van der Waals surface area contributed by atoms with E-state index in [4.69, 9.17) is 9.47 Å². The van der Waals surface area contributed by atoms with Crippen molar-refractivity contribution in [1.82, 2.24) is 5.32 Å². The fourth-order valence-electron chi connectivity index (χ4n) is 2.64. The molecule has 1 atom stereocenters. The number of hydrogen-bond acceptors (Lipinski definition) is 5. The van der Waals surface area contributed by atoms with Gasteiger partial charge >= 0.3 is 5.97 Å². The van der Waals surface area contributed by atoms with Gasteiger partial charge in [0.05, 0.1) is 6.04 Å². The molecule has 1 amide bonds. The fourth-order valence-corrected chi connectivity index (χ4v) is 2.64. The molecule has 0 radical (unpaired) electrons. The summed E-state index contributed by atoms with van der Waals surface area (Å²) in [6.07, 6.45) is 1.50. The highest BCUT2D eigenvalue weighted by Gasteiger charge is 2.17. The molecule has 0 fully saturated rings. The van der Waals surface area contributed by atoms with Crippen molar-refractivity contribution in [3.8, 4) is 5.75 Å². The molecule has 0 aliphatic carbocycles. The maximum atomic E-state index is 12.2. The third kappa shape index (κ3) is 7.23. The first-order chi connectivity index (χ1) is 13.5. The van der Waals surface area contributed by atoms with Crippen LogP contribution in [0.25, 0.3) is 0 Å². The van der Waals surface area contributed by atoms with Crippen LogP contribution in [0.1, 0.15) is 42.2 Å². The predicted octanol–water partition coefficient (Wildman–Crippen LogP) is 3.32. The van der Waals surface area contributed by atoms with E-state index in [2.05, 4.69) is 19.2 Å². The Morgan fingerprint density at radius 3 is 2.29 bits per heavy atom. The van der Waals surface area contributed by atoms with Crippen molar-refractivity contribution in [2.75, 3.05) is 13.2 Å². The normalized spacial score (nSPS) is 11.5. The summed E-state index contributed by atoms with van der Waals surface area (Å²) in [6, 6.07) is 15.9. The lowest BCUT2D eigenvalue weighted by Crippen LogP contribution is -2.33. The van der Waals surface area contributed by atoms with E-state index in [9.17, 15) is 14.4 Å². The van der Waals surface area contributed by atoms with Gasteiger partial charge in [-0.3, -0.25) is 9.59 Å². The molecule has 0 aliphatic heterocycles. The number of hydrogen-bond donors (Lipinski definition) is 1. The third-order valence-corrected chi connectivity index (χ3v) is 3.98. The molecular formula is C22H25NO5. The standard InChI is InChI=1S/C22H25NO5/c1-16(2)12-20(18-6-4-3-5-7-18)23-21(25)14-28-22(26)15-27-19-10-8-17(13-24)9-11-19/h3-11,13,16,20H,12,14-15H2,1-2H3,(H,23,25)/t20-/m0/s1. The highest BCUT2D eigenvalue weighted by Crippen LogP contribution is 2.20. The second-order valence-electron chi connectivity index (χ2n) is 6.80. The van der Waals surface area contributed by atoms with E-state index in [1.54, 1.807) is 24.3 Å². The maximum Gasteiger partial charge on any atom is 0.344 e. The summed E-state index contributed by atoms with van der Waals surface area (Å²) in [4.78, 5) is 34.6. The van der Waals surface area contributed by atoms with E-state index < -0.39 is 5.97 Å². The van der Waals surface area contributed by atoms with Crippen LogP contribution in [0.5, 0.6) is 5.75 Å². The molecule has 6 heteroatoms. The number of aldehydes is 1. The molecule has 0 saturated heterocycles. The summed E-state index contributed by atoms with van der Waals surface area (Å²) in [7, 11) is 0. The van der Waals surface area contributed by atoms with E-state index in [0.717, 1.165) is 18.3 Å². The molecule has 148 valence electrons. The molecular weight excluding hydrogens is 358 g/mol. The quantitative estimate of drug-likeness (QED) is 0.503. The van der Waals surface area contributed by atoms with Gasteiger partial charge in [0.15, 0.2) is 13.2 Å². The topological polar surface area (TPSA) is 81.7 Å². The summed E-state index contributed by atoms with van der Waals surface area (Å²) in [5.41, 5.74) is 1.53.